The molecule has 0 saturated carbocycles. The van der Waals surface area contributed by atoms with Gasteiger partial charge in [0.2, 0.25) is 0 Å². The Balaban J connectivity index is 2.40. The van der Waals surface area contributed by atoms with Crippen molar-refractivity contribution < 1.29 is 19.1 Å². The molecule has 128 valence electrons. The molecule has 2 amide bonds. The third-order valence-corrected chi connectivity index (χ3v) is 2.95. The van der Waals surface area contributed by atoms with E-state index in [9.17, 15) is 9.59 Å². The van der Waals surface area contributed by atoms with Crippen LogP contribution in [0.2, 0.25) is 0 Å². The van der Waals surface area contributed by atoms with Crippen LogP contribution in [0, 0.1) is 5.92 Å². The first-order chi connectivity index (χ1) is 9.96. The number of carbonyl (C=O) groups excluding carboxylic acids is 2. The molecule has 3 N–H and O–H groups in total. The molecule has 1 aliphatic rings. The minimum Gasteiger partial charge on any atom is -0.444 e. The number of ether oxygens (including phenoxy) is 2. The molecule has 7 nitrogen and oxygen atoms in total. The molecular weight excluding hydrogens is 286 g/mol. The molecule has 1 heterocycles. The average molecular weight is 315 g/mol. The molecule has 22 heavy (non-hydrogen) atoms. The van der Waals surface area contributed by atoms with E-state index < -0.39 is 23.4 Å². The lowest BCUT2D eigenvalue weighted by Gasteiger charge is -2.25. The molecule has 2 atom stereocenters. The van der Waals surface area contributed by atoms with Crippen molar-refractivity contribution in [3.63, 3.8) is 0 Å². The fourth-order valence-corrected chi connectivity index (χ4v) is 2.10. The van der Waals surface area contributed by atoms with Crippen molar-refractivity contribution in [2.75, 3.05) is 19.6 Å². The molecule has 0 aliphatic carbocycles. The molecular formula is C15H29N3O4. The van der Waals surface area contributed by atoms with E-state index in [0.717, 1.165) is 6.54 Å². The number of rotatable bonds is 3. The topological polar surface area (TPSA) is 88.7 Å². The third-order valence-electron chi connectivity index (χ3n) is 2.95. The van der Waals surface area contributed by atoms with Crippen molar-refractivity contribution in [2.45, 2.75) is 58.8 Å². The number of hydrogen-bond donors (Lipinski definition) is 3. The van der Waals surface area contributed by atoms with E-state index in [0.29, 0.717) is 13.1 Å². The van der Waals surface area contributed by atoms with Gasteiger partial charge in [-0.2, -0.15) is 0 Å². The lowest BCUT2D eigenvalue weighted by molar-refractivity contribution is 0.0491. The molecule has 0 radical (unpaired) electrons. The number of hydrogen-bond acceptors (Lipinski definition) is 5. The summed E-state index contributed by atoms with van der Waals surface area (Å²) in [7, 11) is 0. The van der Waals surface area contributed by atoms with Crippen LogP contribution in [0.3, 0.4) is 0 Å². The Bertz CT molecular complexity index is 399. The fourth-order valence-electron chi connectivity index (χ4n) is 2.10. The summed E-state index contributed by atoms with van der Waals surface area (Å²) in [6.07, 6.45) is -0.890. The molecule has 1 aliphatic heterocycles. The van der Waals surface area contributed by atoms with E-state index in [-0.39, 0.29) is 12.0 Å². The summed E-state index contributed by atoms with van der Waals surface area (Å²) in [6.45, 7) is 12.7. The molecule has 0 aromatic carbocycles. The Kier molecular flexibility index (Phi) is 6.05. The first-order valence-electron chi connectivity index (χ1n) is 7.63. The normalized spacial score (nSPS) is 22.1. The smallest absolute Gasteiger partial charge is 0.407 e. The van der Waals surface area contributed by atoms with Gasteiger partial charge in [0.05, 0.1) is 6.04 Å². The minimum absolute atomic E-state index is 0.0789. The lowest BCUT2D eigenvalue weighted by atomic mass is 10.0. The first-order valence-corrected chi connectivity index (χ1v) is 7.63. The quantitative estimate of drug-likeness (QED) is 0.736. The fraction of sp³-hybridized carbons (Fsp3) is 0.867. The van der Waals surface area contributed by atoms with Gasteiger partial charge in [-0.15, -0.1) is 0 Å². The van der Waals surface area contributed by atoms with Crippen LogP contribution in [0.5, 0.6) is 0 Å². The van der Waals surface area contributed by atoms with Crippen LogP contribution >= 0.6 is 0 Å². The van der Waals surface area contributed by atoms with Gasteiger partial charge in [0.15, 0.2) is 0 Å². The van der Waals surface area contributed by atoms with Gasteiger partial charge in [-0.25, -0.2) is 9.59 Å². The SMILES string of the molecule is CC(C)(C)OC(=O)NC[C@H]1CNC[C@H]1NC(=O)OC(C)(C)C. The molecule has 1 fully saturated rings. The highest BCUT2D eigenvalue weighted by Crippen LogP contribution is 2.12. The highest BCUT2D eigenvalue weighted by Gasteiger charge is 2.30. The monoisotopic (exact) mass is 315 g/mol. The van der Waals surface area contributed by atoms with Crippen molar-refractivity contribution in [1.29, 1.82) is 0 Å². The number of amides is 2. The Hall–Kier alpha value is -1.50. The Morgan fingerprint density at radius 3 is 2.09 bits per heavy atom. The maximum Gasteiger partial charge on any atom is 0.407 e. The van der Waals surface area contributed by atoms with E-state index in [1.54, 1.807) is 0 Å². The van der Waals surface area contributed by atoms with E-state index in [1.807, 2.05) is 41.5 Å². The van der Waals surface area contributed by atoms with Gasteiger partial charge >= 0.3 is 12.2 Å². The summed E-state index contributed by atoms with van der Waals surface area (Å²) in [4.78, 5) is 23.5. The van der Waals surface area contributed by atoms with Crippen molar-refractivity contribution in [3.8, 4) is 0 Å². The lowest BCUT2D eigenvalue weighted by Crippen LogP contribution is -2.46. The van der Waals surface area contributed by atoms with Crippen LogP contribution in [0.4, 0.5) is 9.59 Å². The van der Waals surface area contributed by atoms with Crippen LogP contribution in [0.15, 0.2) is 0 Å². The van der Waals surface area contributed by atoms with Crippen molar-refractivity contribution >= 4 is 12.2 Å². The molecule has 0 unspecified atom stereocenters. The standard InChI is InChI=1S/C15H29N3O4/c1-14(2,3)21-12(19)17-8-10-7-16-9-11(10)18-13(20)22-15(4,5)6/h10-11,16H,7-9H2,1-6H3,(H,17,19)(H,18,20)/t10-,11-/m1/s1. The maximum absolute atomic E-state index is 11.8. The summed E-state index contributed by atoms with van der Waals surface area (Å²) < 4.78 is 10.4. The first kappa shape index (κ1) is 18.5. The van der Waals surface area contributed by atoms with E-state index >= 15 is 0 Å². The van der Waals surface area contributed by atoms with Gasteiger partial charge in [-0.1, -0.05) is 0 Å². The number of alkyl carbamates (subject to hydrolysis) is 2. The van der Waals surface area contributed by atoms with Gasteiger partial charge in [0, 0.05) is 25.6 Å². The zero-order chi connectivity index (χ0) is 17.0. The summed E-state index contributed by atoms with van der Waals surface area (Å²) >= 11 is 0. The van der Waals surface area contributed by atoms with Crippen molar-refractivity contribution in [2.24, 2.45) is 5.92 Å². The van der Waals surface area contributed by atoms with Gasteiger partial charge in [0.1, 0.15) is 11.2 Å². The van der Waals surface area contributed by atoms with Crippen LogP contribution in [0.25, 0.3) is 0 Å². The molecule has 0 bridgehead atoms. The van der Waals surface area contributed by atoms with E-state index in [1.165, 1.54) is 0 Å². The zero-order valence-corrected chi connectivity index (χ0v) is 14.4. The second kappa shape index (κ2) is 7.17. The zero-order valence-electron chi connectivity index (χ0n) is 14.4. The molecule has 0 spiro atoms. The highest BCUT2D eigenvalue weighted by molar-refractivity contribution is 5.68. The van der Waals surface area contributed by atoms with E-state index in [4.69, 9.17) is 9.47 Å². The molecule has 1 saturated heterocycles. The van der Waals surface area contributed by atoms with Gasteiger partial charge in [-0.3, -0.25) is 0 Å². The molecule has 0 aromatic heterocycles. The Morgan fingerprint density at radius 1 is 1.00 bits per heavy atom. The van der Waals surface area contributed by atoms with Crippen molar-refractivity contribution in [1.82, 2.24) is 16.0 Å². The van der Waals surface area contributed by atoms with Crippen LogP contribution < -0.4 is 16.0 Å². The highest BCUT2D eigenvalue weighted by atomic mass is 16.6. The van der Waals surface area contributed by atoms with Gasteiger partial charge in [0.25, 0.3) is 0 Å². The van der Waals surface area contributed by atoms with Crippen LogP contribution in [-0.2, 0) is 9.47 Å². The Labute approximate surface area is 132 Å². The molecule has 7 heteroatoms. The predicted molar refractivity (Wildman–Crippen MR) is 83.8 cm³/mol. The summed E-state index contributed by atoms with van der Waals surface area (Å²) in [5.74, 6) is 0.0973. The number of carbonyl (C=O) groups is 2. The number of nitrogens with one attached hydrogen (secondary N) is 3. The molecule has 0 aromatic rings. The summed E-state index contributed by atoms with van der Waals surface area (Å²) in [5.41, 5.74) is -1.05. The van der Waals surface area contributed by atoms with Crippen LogP contribution in [-0.4, -0.2) is 49.1 Å². The maximum atomic E-state index is 11.8. The second-order valence-electron chi connectivity index (χ2n) is 7.55. The second-order valence-corrected chi connectivity index (χ2v) is 7.55. The van der Waals surface area contributed by atoms with Gasteiger partial charge in [-0.05, 0) is 41.5 Å². The predicted octanol–water partition coefficient (Wildman–Crippen LogP) is 1.62. The van der Waals surface area contributed by atoms with E-state index in [2.05, 4.69) is 16.0 Å². The average Bonchev–Trinajstić information content (AvgIpc) is 2.68. The summed E-state index contributed by atoms with van der Waals surface area (Å²) in [5, 5.41) is 8.78. The minimum atomic E-state index is -0.527. The van der Waals surface area contributed by atoms with Crippen LogP contribution in [0.1, 0.15) is 41.5 Å². The largest absolute Gasteiger partial charge is 0.444 e. The van der Waals surface area contributed by atoms with Gasteiger partial charge < -0.3 is 25.4 Å². The molecule has 1 rings (SSSR count). The summed E-state index contributed by atoms with van der Waals surface area (Å²) in [6, 6.07) is -0.0789. The Morgan fingerprint density at radius 2 is 1.55 bits per heavy atom. The van der Waals surface area contributed by atoms with Crippen molar-refractivity contribution in [3.05, 3.63) is 0 Å². The third kappa shape index (κ3) is 7.49.